The minimum Gasteiger partial charge on any atom is -0.325 e. The zero-order valence-electron chi connectivity index (χ0n) is 10.6. The zero-order valence-corrected chi connectivity index (χ0v) is 13.0. The molecule has 0 aliphatic carbocycles. The number of aryl methyl sites for hydroxylation is 1. The van der Waals surface area contributed by atoms with Crippen LogP contribution in [-0.2, 0) is 0 Å². The lowest BCUT2D eigenvalue weighted by Crippen LogP contribution is -2.10. The molecule has 0 aliphatic heterocycles. The molecule has 3 rings (SSSR count). The van der Waals surface area contributed by atoms with E-state index in [1.165, 1.54) is 11.3 Å². The number of thiazole rings is 1. The maximum Gasteiger partial charge on any atom is 0.257 e. The van der Waals surface area contributed by atoms with E-state index in [9.17, 15) is 4.79 Å². The Kier molecular flexibility index (Phi) is 3.50. The summed E-state index contributed by atoms with van der Waals surface area (Å²) in [5.41, 5.74) is 2.93. The zero-order chi connectivity index (χ0) is 14.1. The smallest absolute Gasteiger partial charge is 0.257 e. The highest BCUT2D eigenvalue weighted by Crippen LogP contribution is 2.28. The van der Waals surface area contributed by atoms with Gasteiger partial charge in [0.1, 0.15) is 5.01 Å². The second kappa shape index (κ2) is 5.30. The van der Waals surface area contributed by atoms with Gasteiger partial charge < -0.3 is 4.98 Å². The summed E-state index contributed by atoms with van der Waals surface area (Å²) >= 11 is 4.94. The topological polar surface area (TPSA) is 58.6 Å². The van der Waals surface area contributed by atoms with E-state index in [4.69, 9.17) is 0 Å². The number of halogens is 1. The summed E-state index contributed by atoms with van der Waals surface area (Å²) in [5.74, 6) is 0. The van der Waals surface area contributed by atoms with Gasteiger partial charge in [0.25, 0.3) is 5.56 Å². The molecule has 0 atom stereocenters. The lowest BCUT2D eigenvalue weighted by molar-refractivity contribution is 1.12. The molecule has 3 heterocycles. The molecule has 0 aliphatic rings. The fraction of sp³-hybridized carbons (Fsp3) is 0.0714. The highest BCUT2D eigenvalue weighted by Gasteiger charge is 2.11. The van der Waals surface area contributed by atoms with Crippen LogP contribution >= 0.6 is 27.3 Å². The molecule has 0 saturated heterocycles. The molecule has 0 fully saturated rings. The minimum atomic E-state index is -0.128. The molecule has 1 N–H and O–H groups in total. The molecular weight excluding hydrogens is 338 g/mol. The maximum atomic E-state index is 12.0. The fourth-order valence-corrected chi connectivity index (χ4v) is 2.97. The monoisotopic (exact) mass is 347 g/mol. The summed E-state index contributed by atoms with van der Waals surface area (Å²) in [5, 5.41) is 2.76. The predicted octanol–water partition coefficient (Wildman–Crippen LogP) is 3.63. The molecule has 0 bridgehead atoms. The fourth-order valence-electron chi connectivity index (χ4n) is 1.81. The predicted molar refractivity (Wildman–Crippen MR) is 83.8 cm³/mol. The van der Waals surface area contributed by atoms with Crippen molar-refractivity contribution in [1.82, 2.24) is 15.0 Å². The SMILES string of the molecule is Cc1[nH]c(=O)c(-c2csc(-c3ccncc3)n2)cc1Br. The molecule has 0 unspecified atom stereocenters. The molecule has 0 aromatic carbocycles. The van der Waals surface area contributed by atoms with Gasteiger partial charge in [0, 0.05) is 33.5 Å². The van der Waals surface area contributed by atoms with Crippen LogP contribution in [0.3, 0.4) is 0 Å². The van der Waals surface area contributed by atoms with E-state index in [0.717, 1.165) is 20.7 Å². The van der Waals surface area contributed by atoms with Crippen LogP contribution in [0.15, 0.2) is 45.2 Å². The van der Waals surface area contributed by atoms with Gasteiger partial charge in [0.2, 0.25) is 0 Å². The Balaban J connectivity index is 2.07. The van der Waals surface area contributed by atoms with Crippen LogP contribution in [0.25, 0.3) is 21.8 Å². The first kappa shape index (κ1) is 13.2. The normalized spacial score (nSPS) is 10.7. The van der Waals surface area contributed by atoms with E-state index in [1.54, 1.807) is 18.5 Å². The molecule has 0 amide bonds. The summed E-state index contributed by atoms with van der Waals surface area (Å²) in [4.78, 5) is 23.3. The molecule has 4 nitrogen and oxygen atoms in total. The first-order chi connectivity index (χ1) is 9.65. The molecule has 3 aromatic rings. The molecule has 6 heteroatoms. The van der Waals surface area contributed by atoms with Crippen molar-refractivity contribution >= 4 is 27.3 Å². The van der Waals surface area contributed by atoms with Crippen molar-refractivity contribution in [2.45, 2.75) is 6.92 Å². The van der Waals surface area contributed by atoms with Gasteiger partial charge in [-0.15, -0.1) is 11.3 Å². The average molecular weight is 348 g/mol. The number of hydrogen-bond acceptors (Lipinski definition) is 4. The van der Waals surface area contributed by atoms with E-state index in [2.05, 4.69) is 30.9 Å². The maximum absolute atomic E-state index is 12.0. The number of H-pyrrole nitrogens is 1. The summed E-state index contributed by atoms with van der Waals surface area (Å²) in [6.07, 6.45) is 3.46. The number of aromatic nitrogens is 3. The Morgan fingerprint density at radius 3 is 2.80 bits per heavy atom. The van der Waals surface area contributed by atoms with Crippen molar-refractivity contribution in [2.75, 3.05) is 0 Å². The minimum absolute atomic E-state index is 0.128. The van der Waals surface area contributed by atoms with E-state index in [-0.39, 0.29) is 5.56 Å². The van der Waals surface area contributed by atoms with Gasteiger partial charge in [-0.2, -0.15) is 0 Å². The van der Waals surface area contributed by atoms with Crippen LogP contribution in [-0.4, -0.2) is 15.0 Å². The van der Waals surface area contributed by atoms with Crippen molar-refractivity contribution in [3.05, 3.63) is 56.5 Å². The summed E-state index contributed by atoms with van der Waals surface area (Å²) in [6, 6.07) is 5.61. The molecule has 0 radical (unpaired) electrons. The molecular formula is C14H10BrN3OS. The van der Waals surface area contributed by atoms with Gasteiger partial charge >= 0.3 is 0 Å². The summed E-state index contributed by atoms with van der Waals surface area (Å²) < 4.78 is 0.866. The van der Waals surface area contributed by atoms with E-state index in [0.29, 0.717) is 11.3 Å². The van der Waals surface area contributed by atoms with Crippen molar-refractivity contribution < 1.29 is 0 Å². The summed E-state index contributed by atoms with van der Waals surface area (Å²) in [6.45, 7) is 1.85. The first-order valence-corrected chi connectivity index (χ1v) is 7.58. The van der Waals surface area contributed by atoms with Crippen LogP contribution < -0.4 is 5.56 Å². The Hall–Kier alpha value is -1.79. The van der Waals surface area contributed by atoms with Gasteiger partial charge in [-0.3, -0.25) is 9.78 Å². The number of nitrogens with zero attached hydrogens (tertiary/aromatic N) is 2. The van der Waals surface area contributed by atoms with Crippen LogP contribution in [0.1, 0.15) is 5.69 Å². The third-order valence-electron chi connectivity index (χ3n) is 2.88. The Bertz CT molecular complexity index is 811. The second-order valence-electron chi connectivity index (χ2n) is 4.26. The van der Waals surface area contributed by atoms with E-state index >= 15 is 0 Å². The Labute approximate surface area is 127 Å². The van der Waals surface area contributed by atoms with Crippen LogP contribution in [0.5, 0.6) is 0 Å². The van der Waals surface area contributed by atoms with Gasteiger partial charge in [0.15, 0.2) is 0 Å². The second-order valence-corrected chi connectivity index (χ2v) is 5.97. The Morgan fingerprint density at radius 1 is 1.30 bits per heavy atom. The van der Waals surface area contributed by atoms with Crippen molar-refractivity contribution in [2.24, 2.45) is 0 Å². The molecule has 0 spiro atoms. The number of hydrogen-bond donors (Lipinski definition) is 1. The van der Waals surface area contributed by atoms with Crippen molar-refractivity contribution in [1.29, 1.82) is 0 Å². The highest BCUT2D eigenvalue weighted by atomic mass is 79.9. The standard InChI is InChI=1S/C14H10BrN3OS/c1-8-11(15)6-10(13(19)17-8)12-7-20-14(18-12)9-2-4-16-5-3-9/h2-7H,1H3,(H,17,19). The van der Waals surface area contributed by atoms with E-state index < -0.39 is 0 Å². The van der Waals surface area contributed by atoms with Crippen molar-refractivity contribution in [3.63, 3.8) is 0 Å². The molecule has 0 saturated carbocycles. The molecule has 100 valence electrons. The number of pyridine rings is 2. The largest absolute Gasteiger partial charge is 0.325 e. The van der Waals surface area contributed by atoms with Gasteiger partial charge in [0.05, 0.1) is 11.3 Å². The number of aromatic amines is 1. The van der Waals surface area contributed by atoms with Gasteiger partial charge in [-0.25, -0.2) is 4.98 Å². The number of rotatable bonds is 2. The van der Waals surface area contributed by atoms with Crippen LogP contribution in [0.4, 0.5) is 0 Å². The highest BCUT2D eigenvalue weighted by molar-refractivity contribution is 9.10. The lowest BCUT2D eigenvalue weighted by atomic mass is 10.2. The van der Waals surface area contributed by atoms with Gasteiger partial charge in [-0.1, -0.05) is 0 Å². The van der Waals surface area contributed by atoms with E-state index in [1.807, 2.05) is 24.4 Å². The van der Waals surface area contributed by atoms with Gasteiger partial charge in [-0.05, 0) is 41.1 Å². The van der Waals surface area contributed by atoms with Crippen LogP contribution in [0.2, 0.25) is 0 Å². The average Bonchev–Trinajstić information content (AvgIpc) is 2.93. The third-order valence-corrected chi connectivity index (χ3v) is 4.60. The third kappa shape index (κ3) is 2.44. The molecule has 3 aromatic heterocycles. The lowest BCUT2D eigenvalue weighted by Gasteiger charge is -2.00. The van der Waals surface area contributed by atoms with Crippen molar-refractivity contribution in [3.8, 4) is 21.8 Å². The van der Waals surface area contributed by atoms with Crippen LogP contribution in [0, 0.1) is 6.92 Å². The first-order valence-electron chi connectivity index (χ1n) is 5.91. The molecule has 20 heavy (non-hydrogen) atoms. The Morgan fingerprint density at radius 2 is 2.05 bits per heavy atom. The summed E-state index contributed by atoms with van der Waals surface area (Å²) in [7, 11) is 0. The quantitative estimate of drug-likeness (QED) is 0.769. The number of nitrogens with one attached hydrogen (secondary N) is 1.